The maximum Gasteiger partial charge on any atom is 0.304 e. The van der Waals surface area contributed by atoms with Gasteiger partial charge in [0.1, 0.15) is 6.29 Å². The quantitative estimate of drug-likeness (QED) is 0.350. The lowest BCUT2D eigenvalue weighted by Crippen LogP contribution is -2.58. The minimum atomic E-state index is -1.16. The lowest BCUT2D eigenvalue weighted by Gasteiger charge is -2.51. The molecule has 0 bridgehead atoms. The van der Waals surface area contributed by atoms with Crippen molar-refractivity contribution in [1.82, 2.24) is 10.2 Å². The Morgan fingerprint density at radius 3 is 2.41 bits per heavy atom. The summed E-state index contributed by atoms with van der Waals surface area (Å²) in [6, 6.07) is 13.9. The molecular formula is C29H36Cl2N2O4. The number of benzene rings is 2. The Morgan fingerprint density at radius 2 is 1.84 bits per heavy atom. The fourth-order valence-corrected chi connectivity index (χ4v) is 5.63. The Kier molecular flexibility index (Phi) is 9.43. The van der Waals surface area contributed by atoms with Crippen LogP contribution in [0.15, 0.2) is 48.5 Å². The molecule has 0 aliphatic carbocycles. The number of halogens is 2. The number of piperidine rings is 1. The van der Waals surface area contributed by atoms with E-state index in [4.69, 9.17) is 23.2 Å². The molecule has 2 aromatic carbocycles. The summed E-state index contributed by atoms with van der Waals surface area (Å²) in [6.45, 7) is 9.13. The molecule has 1 aliphatic heterocycles. The van der Waals surface area contributed by atoms with Gasteiger partial charge in [0.15, 0.2) is 0 Å². The number of rotatable bonds is 10. The van der Waals surface area contributed by atoms with E-state index in [0.29, 0.717) is 29.6 Å². The van der Waals surface area contributed by atoms with E-state index in [1.807, 2.05) is 30.3 Å². The van der Waals surface area contributed by atoms with Crippen molar-refractivity contribution in [2.45, 2.75) is 65.0 Å². The highest BCUT2D eigenvalue weighted by molar-refractivity contribution is 6.30. The summed E-state index contributed by atoms with van der Waals surface area (Å²) >= 11 is 12.6. The molecule has 1 amide bonds. The van der Waals surface area contributed by atoms with Crippen molar-refractivity contribution in [2.75, 3.05) is 13.1 Å². The van der Waals surface area contributed by atoms with Crippen LogP contribution in [0, 0.1) is 10.8 Å². The third-order valence-corrected chi connectivity index (χ3v) is 7.42. The van der Waals surface area contributed by atoms with Gasteiger partial charge in [0.05, 0.1) is 23.9 Å². The van der Waals surface area contributed by atoms with E-state index >= 15 is 0 Å². The average molecular weight is 548 g/mol. The second kappa shape index (κ2) is 12.0. The number of nitrogens with one attached hydrogen (secondary N) is 1. The zero-order valence-corrected chi connectivity index (χ0v) is 23.4. The van der Waals surface area contributed by atoms with Crippen LogP contribution < -0.4 is 5.32 Å². The number of likely N-dealkylation sites (tertiary alicyclic amines) is 1. The molecule has 2 N–H and O–H groups in total. The summed E-state index contributed by atoms with van der Waals surface area (Å²) in [7, 11) is 0. The molecule has 0 aromatic heterocycles. The Bertz CT molecular complexity index is 1120. The Labute approximate surface area is 229 Å². The topological polar surface area (TPSA) is 86.7 Å². The van der Waals surface area contributed by atoms with Crippen LogP contribution in [-0.4, -0.2) is 47.3 Å². The van der Waals surface area contributed by atoms with Crippen LogP contribution in [0.5, 0.6) is 0 Å². The molecule has 1 heterocycles. The molecule has 3 rings (SSSR count). The van der Waals surface area contributed by atoms with Gasteiger partial charge in [-0.2, -0.15) is 0 Å². The molecule has 0 radical (unpaired) electrons. The van der Waals surface area contributed by atoms with Crippen molar-refractivity contribution >= 4 is 41.4 Å². The molecule has 200 valence electrons. The van der Waals surface area contributed by atoms with Crippen LogP contribution in [0.1, 0.15) is 70.0 Å². The van der Waals surface area contributed by atoms with Crippen molar-refractivity contribution < 1.29 is 19.5 Å². The minimum absolute atomic E-state index is 0.00830. The van der Waals surface area contributed by atoms with E-state index in [0.717, 1.165) is 17.4 Å². The van der Waals surface area contributed by atoms with Crippen molar-refractivity contribution in [1.29, 1.82) is 0 Å². The van der Waals surface area contributed by atoms with E-state index < -0.39 is 23.5 Å². The molecule has 1 fully saturated rings. The molecule has 8 heteroatoms. The van der Waals surface area contributed by atoms with Gasteiger partial charge in [-0.1, -0.05) is 75.2 Å². The average Bonchev–Trinajstić information content (AvgIpc) is 2.79. The van der Waals surface area contributed by atoms with Gasteiger partial charge in [0, 0.05) is 35.5 Å². The fourth-order valence-electron chi connectivity index (χ4n) is 5.30. The summed E-state index contributed by atoms with van der Waals surface area (Å²) in [5.41, 5.74) is 0.627. The number of carboxylic acid groups (broad SMARTS) is 1. The maximum atomic E-state index is 14.2. The maximum absolute atomic E-state index is 14.2. The van der Waals surface area contributed by atoms with Crippen LogP contribution in [0.25, 0.3) is 0 Å². The van der Waals surface area contributed by atoms with Crippen molar-refractivity contribution in [3.63, 3.8) is 0 Å². The second-order valence-electron chi connectivity index (χ2n) is 11.5. The Balaban J connectivity index is 2.18. The summed E-state index contributed by atoms with van der Waals surface area (Å²) in [5, 5.41) is 14.3. The number of carbonyl (C=O) groups is 3. The molecule has 6 nitrogen and oxygen atoms in total. The Morgan fingerprint density at radius 1 is 1.16 bits per heavy atom. The highest BCUT2D eigenvalue weighted by Gasteiger charge is 2.52. The number of aldehydes is 1. The van der Waals surface area contributed by atoms with Gasteiger partial charge in [-0.05, 0) is 47.2 Å². The second-order valence-corrected chi connectivity index (χ2v) is 12.3. The molecular weight excluding hydrogens is 511 g/mol. The highest BCUT2D eigenvalue weighted by atomic mass is 35.5. The van der Waals surface area contributed by atoms with E-state index in [-0.39, 0.29) is 30.1 Å². The molecule has 0 unspecified atom stereocenters. The van der Waals surface area contributed by atoms with E-state index in [1.165, 1.54) is 0 Å². The third-order valence-electron chi connectivity index (χ3n) is 6.93. The zero-order chi connectivity index (χ0) is 27.4. The lowest BCUT2D eigenvalue weighted by molar-refractivity contribution is -0.160. The van der Waals surface area contributed by atoms with Gasteiger partial charge in [0.25, 0.3) is 0 Å². The first kappa shape index (κ1) is 29.2. The normalized spacial score (nSPS) is 23.1. The molecule has 1 saturated heterocycles. The summed E-state index contributed by atoms with van der Waals surface area (Å²) in [6.07, 6.45) is 0.965. The van der Waals surface area contributed by atoms with Crippen molar-refractivity contribution in [3.05, 3.63) is 69.7 Å². The monoisotopic (exact) mass is 546 g/mol. The van der Waals surface area contributed by atoms with Gasteiger partial charge in [0.2, 0.25) is 5.91 Å². The lowest BCUT2D eigenvalue weighted by atomic mass is 9.67. The first-order valence-corrected chi connectivity index (χ1v) is 13.3. The third kappa shape index (κ3) is 7.34. The fraction of sp³-hybridized carbons (Fsp3) is 0.483. The SMILES string of the molecule is CC(C)(C)CNC[C@H](CC=O)N1C(=O)[C@@](C)(CC(=O)O)C[C@H](c2cccc(Cl)c2)[C@H]1c1ccc(Cl)cc1. The number of hydrogen-bond donors (Lipinski definition) is 2. The molecule has 1 aliphatic rings. The summed E-state index contributed by atoms with van der Waals surface area (Å²) in [4.78, 5) is 39.7. The number of carboxylic acids is 1. The highest BCUT2D eigenvalue weighted by Crippen LogP contribution is 2.52. The first-order chi connectivity index (χ1) is 17.3. The van der Waals surface area contributed by atoms with Crippen LogP contribution in [0.3, 0.4) is 0 Å². The molecule has 0 spiro atoms. The van der Waals surface area contributed by atoms with E-state index in [1.54, 1.807) is 30.0 Å². The van der Waals surface area contributed by atoms with Gasteiger partial charge in [-0.15, -0.1) is 0 Å². The van der Waals surface area contributed by atoms with Gasteiger partial charge in [-0.3, -0.25) is 9.59 Å². The van der Waals surface area contributed by atoms with Crippen LogP contribution >= 0.6 is 23.2 Å². The van der Waals surface area contributed by atoms with Crippen molar-refractivity contribution in [2.24, 2.45) is 10.8 Å². The number of hydrogen-bond acceptors (Lipinski definition) is 4. The Hall–Kier alpha value is -2.41. The summed E-state index contributed by atoms with van der Waals surface area (Å²) < 4.78 is 0. The standard InChI is InChI=1S/C29H36Cl2N2O4/c1-28(2,3)18-32-17-23(12-13-34)33-26(19-8-10-21(30)11-9-19)24(20-6-5-7-22(31)14-20)15-29(4,27(33)37)16-25(35)36/h5-11,13-14,23-24,26,32H,12,15-18H2,1-4H3,(H,35,36)/t23-,24+,26+,29+/m0/s1. The molecule has 2 aromatic rings. The first-order valence-electron chi connectivity index (χ1n) is 12.5. The number of amides is 1. The van der Waals surface area contributed by atoms with Gasteiger partial charge >= 0.3 is 5.97 Å². The smallest absolute Gasteiger partial charge is 0.304 e. The van der Waals surface area contributed by atoms with Gasteiger partial charge < -0.3 is 20.1 Å². The largest absolute Gasteiger partial charge is 0.481 e. The van der Waals surface area contributed by atoms with Gasteiger partial charge in [-0.25, -0.2) is 0 Å². The minimum Gasteiger partial charge on any atom is -0.481 e. The number of aliphatic carboxylic acids is 1. The predicted octanol–water partition coefficient (Wildman–Crippen LogP) is 6.12. The molecule has 0 saturated carbocycles. The predicted molar refractivity (Wildman–Crippen MR) is 147 cm³/mol. The van der Waals surface area contributed by atoms with Crippen LogP contribution in [0.4, 0.5) is 0 Å². The number of carbonyl (C=O) groups excluding carboxylic acids is 2. The van der Waals surface area contributed by atoms with Crippen molar-refractivity contribution in [3.8, 4) is 0 Å². The van der Waals surface area contributed by atoms with Crippen LogP contribution in [0.2, 0.25) is 10.0 Å². The molecule has 37 heavy (non-hydrogen) atoms. The van der Waals surface area contributed by atoms with E-state index in [9.17, 15) is 19.5 Å². The number of nitrogens with zero attached hydrogens (tertiary/aromatic N) is 1. The van der Waals surface area contributed by atoms with E-state index in [2.05, 4.69) is 26.1 Å². The van der Waals surface area contributed by atoms with Crippen LogP contribution in [-0.2, 0) is 14.4 Å². The zero-order valence-electron chi connectivity index (χ0n) is 21.8. The summed E-state index contributed by atoms with van der Waals surface area (Å²) in [5.74, 6) is -1.56. The molecule has 4 atom stereocenters.